The second-order valence-electron chi connectivity index (χ2n) is 4.39. The first-order chi connectivity index (χ1) is 9.22. The van der Waals surface area contributed by atoms with Gasteiger partial charge >= 0.3 is 0 Å². The lowest BCUT2D eigenvalue weighted by Gasteiger charge is -2.14. The Morgan fingerprint density at radius 2 is 1.74 bits per heavy atom. The molecule has 0 bridgehead atoms. The average molecular weight is 257 g/mol. The molecule has 0 atom stereocenters. The standard InChI is InChI=1S/C16H19NO2/c1-3-11-18-14-9-4-5-10-15(14)19-16-12(2)7-6-8-13(16)17/h4-10H,3,11,17H2,1-2H3. The number of nitrogens with two attached hydrogens (primary N) is 1. The minimum absolute atomic E-state index is 0.630. The smallest absolute Gasteiger partial charge is 0.169 e. The lowest BCUT2D eigenvalue weighted by Crippen LogP contribution is -1.99. The Kier molecular flexibility index (Phi) is 4.29. The molecule has 100 valence electrons. The molecule has 0 amide bonds. The van der Waals surface area contributed by atoms with Crippen LogP contribution in [0.4, 0.5) is 5.69 Å². The van der Waals surface area contributed by atoms with Crippen LogP contribution in [0, 0.1) is 6.92 Å². The summed E-state index contributed by atoms with van der Waals surface area (Å²) >= 11 is 0. The predicted octanol–water partition coefficient (Wildman–Crippen LogP) is 4.16. The fourth-order valence-corrected chi connectivity index (χ4v) is 1.79. The maximum Gasteiger partial charge on any atom is 0.169 e. The van der Waals surface area contributed by atoms with Crippen molar-refractivity contribution in [3.05, 3.63) is 48.0 Å². The molecule has 3 heteroatoms. The van der Waals surface area contributed by atoms with Gasteiger partial charge < -0.3 is 15.2 Å². The zero-order chi connectivity index (χ0) is 13.7. The minimum atomic E-state index is 0.630. The molecule has 0 unspecified atom stereocenters. The molecule has 0 aliphatic heterocycles. The van der Waals surface area contributed by atoms with Gasteiger partial charge in [0.1, 0.15) is 0 Å². The van der Waals surface area contributed by atoms with Gasteiger partial charge in [0.2, 0.25) is 0 Å². The molecule has 2 aromatic carbocycles. The van der Waals surface area contributed by atoms with E-state index < -0.39 is 0 Å². The summed E-state index contributed by atoms with van der Waals surface area (Å²) in [5, 5.41) is 0. The summed E-state index contributed by atoms with van der Waals surface area (Å²) in [7, 11) is 0. The summed E-state index contributed by atoms with van der Waals surface area (Å²) in [6, 6.07) is 13.4. The molecule has 0 aromatic heterocycles. The molecular weight excluding hydrogens is 238 g/mol. The lowest BCUT2D eigenvalue weighted by molar-refractivity contribution is 0.302. The van der Waals surface area contributed by atoms with E-state index in [1.54, 1.807) is 0 Å². The molecular formula is C16H19NO2. The van der Waals surface area contributed by atoms with Crippen molar-refractivity contribution >= 4 is 5.69 Å². The molecule has 2 N–H and O–H groups in total. The van der Waals surface area contributed by atoms with Crippen LogP contribution in [0.5, 0.6) is 17.2 Å². The number of para-hydroxylation sites is 3. The van der Waals surface area contributed by atoms with Crippen LogP contribution in [-0.4, -0.2) is 6.61 Å². The van der Waals surface area contributed by atoms with Gasteiger partial charge in [-0.15, -0.1) is 0 Å². The Hall–Kier alpha value is -2.16. The number of benzene rings is 2. The Balaban J connectivity index is 2.28. The van der Waals surface area contributed by atoms with Crippen LogP contribution in [0.25, 0.3) is 0 Å². The Morgan fingerprint density at radius 3 is 2.42 bits per heavy atom. The number of aryl methyl sites for hydroxylation is 1. The summed E-state index contributed by atoms with van der Waals surface area (Å²) in [5.41, 5.74) is 7.59. The van der Waals surface area contributed by atoms with Crippen LogP contribution in [0.15, 0.2) is 42.5 Å². The van der Waals surface area contributed by atoms with Crippen LogP contribution in [0.2, 0.25) is 0 Å². The fourth-order valence-electron chi connectivity index (χ4n) is 1.79. The van der Waals surface area contributed by atoms with Gasteiger partial charge in [-0.25, -0.2) is 0 Å². The van der Waals surface area contributed by atoms with Crippen molar-refractivity contribution < 1.29 is 9.47 Å². The zero-order valence-electron chi connectivity index (χ0n) is 11.3. The fraction of sp³-hybridized carbons (Fsp3) is 0.250. The Morgan fingerprint density at radius 1 is 1.00 bits per heavy atom. The lowest BCUT2D eigenvalue weighted by atomic mass is 10.2. The molecule has 2 aromatic rings. The molecule has 0 aliphatic rings. The molecule has 0 spiro atoms. The first-order valence-electron chi connectivity index (χ1n) is 6.47. The summed E-state index contributed by atoms with van der Waals surface area (Å²) in [6.45, 7) is 4.72. The van der Waals surface area contributed by atoms with Crippen molar-refractivity contribution in [3.8, 4) is 17.2 Å². The number of hydrogen-bond acceptors (Lipinski definition) is 3. The van der Waals surface area contributed by atoms with Crippen molar-refractivity contribution in [2.75, 3.05) is 12.3 Å². The van der Waals surface area contributed by atoms with Gasteiger partial charge in [-0.1, -0.05) is 31.2 Å². The van der Waals surface area contributed by atoms with E-state index in [9.17, 15) is 0 Å². The van der Waals surface area contributed by atoms with E-state index in [-0.39, 0.29) is 0 Å². The van der Waals surface area contributed by atoms with Crippen LogP contribution >= 0.6 is 0 Å². The van der Waals surface area contributed by atoms with Crippen molar-refractivity contribution in [1.82, 2.24) is 0 Å². The normalized spacial score (nSPS) is 10.2. The van der Waals surface area contributed by atoms with Crippen LogP contribution in [0.3, 0.4) is 0 Å². The van der Waals surface area contributed by atoms with E-state index in [0.717, 1.165) is 17.7 Å². The maximum absolute atomic E-state index is 5.95. The van der Waals surface area contributed by atoms with Gasteiger partial charge in [0.25, 0.3) is 0 Å². The third-order valence-electron chi connectivity index (χ3n) is 2.77. The highest BCUT2D eigenvalue weighted by Gasteiger charge is 2.09. The molecule has 0 radical (unpaired) electrons. The third-order valence-corrected chi connectivity index (χ3v) is 2.77. The van der Waals surface area contributed by atoms with Gasteiger partial charge in [0.15, 0.2) is 17.2 Å². The second-order valence-corrected chi connectivity index (χ2v) is 4.39. The topological polar surface area (TPSA) is 44.5 Å². The summed E-state index contributed by atoms with van der Waals surface area (Å²) in [4.78, 5) is 0. The van der Waals surface area contributed by atoms with Crippen LogP contribution < -0.4 is 15.2 Å². The van der Waals surface area contributed by atoms with Gasteiger partial charge in [-0.3, -0.25) is 0 Å². The van der Waals surface area contributed by atoms with Gasteiger partial charge in [0, 0.05) is 0 Å². The number of rotatable bonds is 5. The summed E-state index contributed by atoms with van der Waals surface area (Å²) < 4.78 is 11.6. The van der Waals surface area contributed by atoms with E-state index in [1.165, 1.54) is 0 Å². The zero-order valence-corrected chi connectivity index (χ0v) is 11.3. The van der Waals surface area contributed by atoms with Gasteiger partial charge in [0.05, 0.1) is 12.3 Å². The molecule has 0 fully saturated rings. The van der Waals surface area contributed by atoms with E-state index in [1.807, 2.05) is 49.4 Å². The largest absolute Gasteiger partial charge is 0.490 e. The molecule has 0 saturated carbocycles. The first kappa shape index (κ1) is 13.3. The number of anilines is 1. The van der Waals surface area contributed by atoms with Crippen molar-refractivity contribution in [1.29, 1.82) is 0 Å². The average Bonchev–Trinajstić information content (AvgIpc) is 2.42. The SMILES string of the molecule is CCCOc1ccccc1Oc1c(C)cccc1N. The van der Waals surface area contributed by atoms with Crippen molar-refractivity contribution in [2.45, 2.75) is 20.3 Å². The number of ether oxygens (including phenoxy) is 2. The van der Waals surface area contributed by atoms with Crippen LogP contribution in [-0.2, 0) is 0 Å². The summed E-state index contributed by atoms with van der Waals surface area (Å²) in [5.74, 6) is 2.12. The van der Waals surface area contributed by atoms with Crippen LogP contribution in [0.1, 0.15) is 18.9 Å². The number of hydrogen-bond donors (Lipinski definition) is 1. The predicted molar refractivity (Wildman–Crippen MR) is 77.9 cm³/mol. The molecule has 2 rings (SSSR count). The monoisotopic (exact) mass is 257 g/mol. The molecule has 0 saturated heterocycles. The highest BCUT2D eigenvalue weighted by Crippen LogP contribution is 2.35. The van der Waals surface area contributed by atoms with Crippen molar-refractivity contribution in [3.63, 3.8) is 0 Å². The third kappa shape index (κ3) is 3.19. The van der Waals surface area contributed by atoms with Gasteiger partial charge in [-0.05, 0) is 37.1 Å². The van der Waals surface area contributed by atoms with Gasteiger partial charge in [-0.2, -0.15) is 0 Å². The van der Waals surface area contributed by atoms with E-state index >= 15 is 0 Å². The maximum atomic E-state index is 5.95. The Labute approximate surface area is 114 Å². The highest BCUT2D eigenvalue weighted by atomic mass is 16.5. The quantitative estimate of drug-likeness (QED) is 0.818. The second kappa shape index (κ2) is 6.14. The summed E-state index contributed by atoms with van der Waals surface area (Å²) in [6.07, 6.45) is 0.959. The van der Waals surface area contributed by atoms with E-state index in [2.05, 4.69) is 6.92 Å². The van der Waals surface area contributed by atoms with E-state index in [4.69, 9.17) is 15.2 Å². The first-order valence-corrected chi connectivity index (χ1v) is 6.47. The molecule has 0 heterocycles. The Bertz CT molecular complexity index is 532. The molecule has 3 nitrogen and oxygen atoms in total. The molecule has 0 aliphatic carbocycles. The minimum Gasteiger partial charge on any atom is -0.490 e. The number of nitrogen functional groups attached to an aromatic ring is 1. The molecule has 19 heavy (non-hydrogen) atoms. The van der Waals surface area contributed by atoms with E-state index in [0.29, 0.717) is 23.8 Å². The van der Waals surface area contributed by atoms with Crippen molar-refractivity contribution in [2.24, 2.45) is 0 Å². The highest BCUT2D eigenvalue weighted by molar-refractivity contribution is 5.58.